The van der Waals surface area contributed by atoms with Crippen LogP contribution in [0, 0.1) is 0 Å². The number of aromatic nitrogens is 4. The lowest BCUT2D eigenvalue weighted by atomic mass is 10.2. The molecule has 34 heavy (non-hydrogen) atoms. The van der Waals surface area contributed by atoms with Crippen LogP contribution in [0.2, 0.25) is 0 Å². The fourth-order valence-electron chi connectivity index (χ4n) is 4.36. The van der Waals surface area contributed by atoms with E-state index < -0.39 is 10.0 Å². The molecule has 8 nitrogen and oxygen atoms in total. The number of hydrogen-bond acceptors (Lipinski definition) is 6. The van der Waals surface area contributed by atoms with Crippen molar-refractivity contribution in [2.75, 3.05) is 31.1 Å². The molecule has 1 fully saturated rings. The van der Waals surface area contributed by atoms with Gasteiger partial charge in [0, 0.05) is 32.6 Å². The molecule has 0 spiro atoms. The van der Waals surface area contributed by atoms with Gasteiger partial charge in [-0.2, -0.15) is 9.40 Å². The average Bonchev–Trinajstić information content (AvgIpc) is 3.13. The van der Waals surface area contributed by atoms with Crippen LogP contribution >= 0.6 is 0 Å². The minimum absolute atomic E-state index is 0.335. The second-order valence-electron chi connectivity index (χ2n) is 8.40. The summed E-state index contributed by atoms with van der Waals surface area (Å²) in [4.78, 5) is 12.2. The first-order chi connectivity index (χ1) is 16.6. The van der Waals surface area contributed by atoms with Gasteiger partial charge in [0.25, 0.3) is 0 Å². The Balaban J connectivity index is 1.49. The van der Waals surface area contributed by atoms with Crippen molar-refractivity contribution < 1.29 is 8.42 Å². The highest BCUT2D eigenvalue weighted by Gasteiger charge is 2.28. The van der Waals surface area contributed by atoms with E-state index in [2.05, 4.69) is 16.9 Å². The Hall–Kier alpha value is -3.30. The predicted molar refractivity (Wildman–Crippen MR) is 133 cm³/mol. The zero-order chi connectivity index (χ0) is 23.5. The third-order valence-electron chi connectivity index (χ3n) is 6.06. The predicted octanol–water partition coefficient (Wildman–Crippen LogP) is 3.67. The van der Waals surface area contributed by atoms with Crippen LogP contribution in [-0.2, 0) is 16.4 Å². The summed E-state index contributed by atoms with van der Waals surface area (Å²) < 4.78 is 29.8. The summed E-state index contributed by atoms with van der Waals surface area (Å²) in [6.07, 6.45) is 4.24. The van der Waals surface area contributed by atoms with Crippen molar-refractivity contribution in [3.05, 3.63) is 72.7 Å². The molecule has 0 atom stereocenters. The van der Waals surface area contributed by atoms with Gasteiger partial charge in [-0.25, -0.2) is 23.1 Å². The van der Waals surface area contributed by atoms with E-state index in [-0.39, 0.29) is 0 Å². The Labute approximate surface area is 199 Å². The van der Waals surface area contributed by atoms with Crippen molar-refractivity contribution in [3.8, 4) is 5.69 Å². The van der Waals surface area contributed by atoms with Crippen LogP contribution in [0.4, 0.5) is 5.82 Å². The van der Waals surface area contributed by atoms with Gasteiger partial charge >= 0.3 is 0 Å². The van der Waals surface area contributed by atoms with Gasteiger partial charge in [0.15, 0.2) is 5.65 Å². The lowest BCUT2D eigenvalue weighted by Crippen LogP contribution is -2.35. The molecule has 1 saturated heterocycles. The van der Waals surface area contributed by atoms with Crippen molar-refractivity contribution in [2.45, 2.75) is 31.1 Å². The second-order valence-corrected chi connectivity index (χ2v) is 10.3. The molecule has 0 N–H and O–H groups in total. The summed E-state index contributed by atoms with van der Waals surface area (Å²) in [5.74, 6) is 1.61. The number of fused-ring (bicyclic) bond motifs is 1. The van der Waals surface area contributed by atoms with Crippen molar-refractivity contribution in [1.29, 1.82) is 0 Å². The summed E-state index contributed by atoms with van der Waals surface area (Å²) in [6, 6.07) is 18.6. The highest BCUT2D eigenvalue weighted by Crippen LogP contribution is 2.28. The van der Waals surface area contributed by atoms with Crippen molar-refractivity contribution >= 4 is 26.9 Å². The number of para-hydroxylation sites is 1. The quantitative estimate of drug-likeness (QED) is 0.422. The van der Waals surface area contributed by atoms with E-state index in [1.54, 1.807) is 28.6 Å². The van der Waals surface area contributed by atoms with Gasteiger partial charge in [0.05, 0.1) is 22.2 Å². The van der Waals surface area contributed by atoms with Crippen molar-refractivity contribution in [1.82, 2.24) is 24.1 Å². The summed E-state index contributed by atoms with van der Waals surface area (Å²) >= 11 is 0. The Morgan fingerprint density at radius 2 is 1.62 bits per heavy atom. The summed E-state index contributed by atoms with van der Waals surface area (Å²) in [5.41, 5.74) is 1.72. The first-order valence-corrected chi connectivity index (χ1v) is 13.1. The van der Waals surface area contributed by atoms with E-state index in [9.17, 15) is 8.42 Å². The Morgan fingerprint density at radius 3 is 2.35 bits per heavy atom. The molecule has 4 aromatic rings. The molecular formula is C25H28N6O2S. The third-order valence-corrected chi connectivity index (χ3v) is 7.98. The first kappa shape index (κ1) is 22.5. The number of sulfonamides is 1. The fraction of sp³-hybridized carbons (Fsp3) is 0.320. The maximum atomic E-state index is 13.2. The van der Waals surface area contributed by atoms with Crippen molar-refractivity contribution in [3.63, 3.8) is 0 Å². The molecule has 0 aliphatic carbocycles. The highest BCUT2D eigenvalue weighted by atomic mass is 32.2. The number of hydrogen-bond donors (Lipinski definition) is 0. The van der Waals surface area contributed by atoms with Gasteiger partial charge in [-0.1, -0.05) is 43.3 Å². The molecule has 9 heteroatoms. The SMILES string of the molecule is CCCc1nc(N2CCCN(S(=O)(=O)c3ccccc3)CC2)c2cnn(-c3ccccc3)c2n1. The standard InChI is InChI=1S/C25H28N6O2S/c1-2-10-23-27-24(22-19-26-31(25(22)28-23)20-11-5-3-6-12-20)29-15-9-16-30(18-17-29)34(32,33)21-13-7-4-8-14-21/h3-8,11-14,19H,2,9-10,15-18H2,1H3. The number of nitrogens with zero attached hydrogens (tertiary/aromatic N) is 6. The average molecular weight is 477 g/mol. The molecule has 1 aliphatic heterocycles. The van der Waals surface area contributed by atoms with Gasteiger partial charge in [-0.15, -0.1) is 0 Å². The lowest BCUT2D eigenvalue weighted by molar-refractivity contribution is 0.433. The Morgan fingerprint density at radius 1 is 0.882 bits per heavy atom. The van der Waals surface area contributed by atoms with Gasteiger partial charge in [-0.05, 0) is 37.1 Å². The fourth-order valence-corrected chi connectivity index (χ4v) is 5.85. The van der Waals surface area contributed by atoms with E-state index in [4.69, 9.17) is 9.97 Å². The van der Waals surface area contributed by atoms with E-state index in [0.717, 1.165) is 47.7 Å². The zero-order valence-corrected chi connectivity index (χ0v) is 20.0. The Bertz CT molecular complexity index is 1370. The van der Waals surface area contributed by atoms with Crippen LogP contribution in [0.25, 0.3) is 16.7 Å². The maximum absolute atomic E-state index is 13.2. The van der Waals surface area contributed by atoms with E-state index in [1.807, 2.05) is 47.3 Å². The number of aryl methyl sites for hydroxylation is 1. The number of benzene rings is 2. The third kappa shape index (κ3) is 4.28. The van der Waals surface area contributed by atoms with Crippen LogP contribution in [0.3, 0.4) is 0 Å². The second kappa shape index (κ2) is 9.52. The molecule has 5 rings (SSSR count). The van der Waals surface area contributed by atoms with Gasteiger partial charge in [-0.3, -0.25) is 0 Å². The van der Waals surface area contributed by atoms with Crippen LogP contribution in [0.1, 0.15) is 25.6 Å². The minimum atomic E-state index is -3.52. The normalized spacial score (nSPS) is 15.5. The first-order valence-electron chi connectivity index (χ1n) is 11.7. The van der Waals surface area contributed by atoms with Gasteiger partial charge in [0.2, 0.25) is 10.0 Å². The molecule has 2 aromatic carbocycles. The number of anilines is 1. The van der Waals surface area contributed by atoms with Crippen LogP contribution in [0.5, 0.6) is 0 Å². The highest BCUT2D eigenvalue weighted by molar-refractivity contribution is 7.89. The Kier molecular flexibility index (Phi) is 6.30. The molecule has 176 valence electrons. The van der Waals surface area contributed by atoms with Crippen LogP contribution in [-0.4, -0.2) is 58.7 Å². The summed E-state index contributed by atoms with van der Waals surface area (Å²) in [6.45, 7) is 4.26. The van der Waals surface area contributed by atoms with Crippen molar-refractivity contribution in [2.24, 2.45) is 0 Å². The molecule has 0 radical (unpaired) electrons. The monoisotopic (exact) mass is 476 g/mol. The molecule has 0 amide bonds. The van der Waals surface area contributed by atoms with Crippen LogP contribution < -0.4 is 4.90 Å². The van der Waals surface area contributed by atoms with Gasteiger partial charge in [0.1, 0.15) is 11.6 Å². The summed E-state index contributed by atoms with van der Waals surface area (Å²) in [7, 11) is -3.52. The van der Waals surface area contributed by atoms with E-state index in [0.29, 0.717) is 31.0 Å². The minimum Gasteiger partial charge on any atom is -0.355 e. The number of rotatable bonds is 6. The molecule has 3 heterocycles. The topological polar surface area (TPSA) is 84.2 Å². The smallest absolute Gasteiger partial charge is 0.243 e. The molecule has 2 aromatic heterocycles. The molecule has 0 unspecified atom stereocenters. The van der Waals surface area contributed by atoms with Gasteiger partial charge < -0.3 is 4.90 Å². The largest absolute Gasteiger partial charge is 0.355 e. The van der Waals surface area contributed by atoms with E-state index in [1.165, 1.54) is 0 Å². The molecule has 1 aliphatic rings. The molecule has 0 bridgehead atoms. The summed E-state index contributed by atoms with van der Waals surface area (Å²) in [5, 5.41) is 5.50. The van der Waals surface area contributed by atoms with Crippen LogP contribution in [0.15, 0.2) is 71.8 Å². The molecule has 0 saturated carbocycles. The van der Waals surface area contributed by atoms with E-state index >= 15 is 0 Å². The lowest BCUT2D eigenvalue weighted by Gasteiger charge is -2.23. The maximum Gasteiger partial charge on any atom is 0.243 e. The molecular weight excluding hydrogens is 448 g/mol. The zero-order valence-electron chi connectivity index (χ0n) is 19.2.